The maximum atomic E-state index is 12.4. The number of aromatic nitrogens is 2. The Bertz CT molecular complexity index is 910. The van der Waals surface area contributed by atoms with Crippen molar-refractivity contribution in [2.75, 3.05) is 0 Å². The van der Waals surface area contributed by atoms with Crippen LogP contribution in [-0.2, 0) is 6.54 Å². The van der Waals surface area contributed by atoms with E-state index in [1.165, 1.54) is 12.4 Å². The zero-order valence-corrected chi connectivity index (χ0v) is 13.3. The molecule has 0 saturated heterocycles. The van der Waals surface area contributed by atoms with E-state index in [2.05, 4.69) is 15.3 Å². The van der Waals surface area contributed by atoms with Gasteiger partial charge in [0.2, 0.25) is 0 Å². The molecule has 3 rings (SSSR count). The monoisotopic (exact) mass is 332 g/mol. The number of nitrogens with one attached hydrogen (secondary N) is 1. The summed E-state index contributed by atoms with van der Waals surface area (Å²) < 4.78 is 0. The number of carbonyl (C=O) groups is 2. The summed E-state index contributed by atoms with van der Waals surface area (Å²) in [6.07, 6.45) is 2.83. The fraction of sp³-hybridized carbons (Fsp3) is 0.0526. The van der Waals surface area contributed by atoms with Crippen LogP contribution in [0.2, 0.25) is 0 Å². The summed E-state index contributed by atoms with van der Waals surface area (Å²) in [5, 5.41) is 2.87. The number of nitrogens with two attached hydrogens (primary N) is 1. The molecule has 0 saturated carbocycles. The van der Waals surface area contributed by atoms with Crippen LogP contribution < -0.4 is 11.1 Å². The number of primary amides is 1. The first kappa shape index (κ1) is 16.3. The fourth-order valence-corrected chi connectivity index (χ4v) is 2.32. The fourth-order valence-electron chi connectivity index (χ4n) is 2.32. The smallest absolute Gasteiger partial charge is 0.268 e. The lowest BCUT2D eigenvalue weighted by Crippen LogP contribution is -2.22. The Labute approximate surface area is 144 Å². The average molecular weight is 332 g/mol. The minimum atomic E-state index is -0.647. The van der Waals surface area contributed by atoms with Crippen LogP contribution in [0.5, 0.6) is 0 Å². The lowest BCUT2D eigenvalue weighted by molar-refractivity contribution is 0.0949. The molecule has 0 radical (unpaired) electrons. The second kappa shape index (κ2) is 7.35. The van der Waals surface area contributed by atoms with E-state index in [0.29, 0.717) is 23.4 Å². The SMILES string of the molecule is NC(=O)c1cncc(-c2cccc(C(=O)NCc3ccccc3)c2)n1. The predicted molar refractivity (Wildman–Crippen MR) is 93.6 cm³/mol. The molecule has 2 amide bonds. The quantitative estimate of drug-likeness (QED) is 0.748. The van der Waals surface area contributed by atoms with Crippen molar-refractivity contribution in [2.45, 2.75) is 6.54 Å². The van der Waals surface area contributed by atoms with Crippen molar-refractivity contribution in [3.05, 3.63) is 83.8 Å². The van der Waals surface area contributed by atoms with Crippen LogP contribution in [0.25, 0.3) is 11.3 Å². The molecule has 0 aliphatic carbocycles. The van der Waals surface area contributed by atoms with Crippen molar-refractivity contribution in [1.29, 1.82) is 0 Å². The molecule has 0 aliphatic heterocycles. The van der Waals surface area contributed by atoms with E-state index in [1.54, 1.807) is 24.3 Å². The molecular formula is C19H16N4O2. The Morgan fingerprint density at radius 1 is 1.00 bits per heavy atom. The normalized spacial score (nSPS) is 10.2. The van der Waals surface area contributed by atoms with Gasteiger partial charge >= 0.3 is 0 Å². The number of carbonyl (C=O) groups excluding carboxylic acids is 2. The summed E-state index contributed by atoms with van der Waals surface area (Å²) in [5.74, 6) is -0.837. The van der Waals surface area contributed by atoms with Crippen LogP contribution in [0, 0.1) is 0 Å². The molecule has 3 N–H and O–H groups in total. The Morgan fingerprint density at radius 3 is 2.56 bits per heavy atom. The predicted octanol–water partition coefficient (Wildman–Crippen LogP) is 2.17. The Balaban J connectivity index is 1.78. The van der Waals surface area contributed by atoms with Crippen molar-refractivity contribution in [3.8, 4) is 11.3 Å². The van der Waals surface area contributed by atoms with Crippen LogP contribution in [0.1, 0.15) is 26.4 Å². The van der Waals surface area contributed by atoms with Gasteiger partial charge in [-0.25, -0.2) is 4.98 Å². The van der Waals surface area contributed by atoms with Crippen LogP contribution in [0.15, 0.2) is 67.0 Å². The Hall–Kier alpha value is -3.54. The van der Waals surface area contributed by atoms with Crippen LogP contribution in [0.4, 0.5) is 0 Å². The molecule has 1 aromatic heterocycles. The maximum absolute atomic E-state index is 12.4. The number of amides is 2. The van der Waals surface area contributed by atoms with E-state index < -0.39 is 5.91 Å². The maximum Gasteiger partial charge on any atom is 0.268 e. The minimum Gasteiger partial charge on any atom is -0.364 e. The molecule has 25 heavy (non-hydrogen) atoms. The van der Waals surface area contributed by atoms with E-state index in [0.717, 1.165) is 5.56 Å². The zero-order chi connectivity index (χ0) is 17.6. The number of benzene rings is 2. The van der Waals surface area contributed by atoms with Crippen molar-refractivity contribution in [2.24, 2.45) is 5.73 Å². The van der Waals surface area contributed by atoms with Gasteiger partial charge in [-0.3, -0.25) is 14.6 Å². The van der Waals surface area contributed by atoms with E-state index >= 15 is 0 Å². The third kappa shape index (κ3) is 4.06. The molecule has 0 atom stereocenters. The second-order valence-electron chi connectivity index (χ2n) is 5.40. The standard InChI is InChI=1S/C19H16N4O2/c20-18(24)17-12-21-11-16(23-17)14-7-4-8-15(9-14)19(25)22-10-13-5-2-1-3-6-13/h1-9,11-12H,10H2,(H2,20,24)(H,22,25). The summed E-state index contributed by atoms with van der Waals surface area (Å²) in [4.78, 5) is 31.7. The van der Waals surface area contributed by atoms with Crippen molar-refractivity contribution < 1.29 is 9.59 Å². The lowest BCUT2D eigenvalue weighted by Gasteiger charge is -2.07. The van der Waals surface area contributed by atoms with Crippen molar-refractivity contribution in [3.63, 3.8) is 0 Å². The molecule has 0 unspecified atom stereocenters. The first-order valence-corrected chi connectivity index (χ1v) is 7.68. The summed E-state index contributed by atoms with van der Waals surface area (Å²) in [6, 6.07) is 16.6. The molecule has 3 aromatic rings. The number of hydrogen-bond donors (Lipinski definition) is 2. The molecular weight excluding hydrogens is 316 g/mol. The molecule has 0 aliphatic rings. The minimum absolute atomic E-state index is 0.0800. The highest BCUT2D eigenvalue weighted by Crippen LogP contribution is 2.18. The first-order valence-electron chi connectivity index (χ1n) is 7.68. The van der Waals surface area contributed by atoms with Gasteiger partial charge in [-0.15, -0.1) is 0 Å². The van der Waals surface area contributed by atoms with Crippen LogP contribution in [0.3, 0.4) is 0 Å². The highest BCUT2D eigenvalue weighted by Gasteiger charge is 2.10. The van der Waals surface area contributed by atoms with Gasteiger partial charge in [0, 0.05) is 17.7 Å². The number of hydrogen-bond acceptors (Lipinski definition) is 4. The summed E-state index contributed by atoms with van der Waals surface area (Å²) in [6.45, 7) is 0.445. The van der Waals surface area contributed by atoms with Gasteiger partial charge in [0.25, 0.3) is 11.8 Å². The van der Waals surface area contributed by atoms with Gasteiger partial charge in [0.05, 0.1) is 18.1 Å². The Kier molecular flexibility index (Phi) is 4.80. The van der Waals surface area contributed by atoms with Gasteiger partial charge in [-0.2, -0.15) is 0 Å². The molecule has 0 bridgehead atoms. The van der Waals surface area contributed by atoms with Crippen LogP contribution >= 0.6 is 0 Å². The molecule has 6 heteroatoms. The van der Waals surface area contributed by atoms with Gasteiger partial charge in [-0.05, 0) is 17.7 Å². The third-order valence-electron chi connectivity index (χ3n) is 3.60. The highest BCUT2D eigenvalue weighted by atomic mass is 16.2. The molecule has 0 fully saturated rings. The van der Waals surface area contributed by atoms with Gasteiger partial charge in [-0.1, -0.05) is 42.5 Å². The second-order valence-corrected chi connectivity index (χ2v) is 5.40. The zero-order valence-electron chi connectivity index (χ0n) is 13.3. The van der Waals surface area contributed by atoms with Crippen LogP contribution in [-0.4, -0.2) is 21.8 Å². The lowest BCUT2D eigenvalue weighted by atomic mass is 10.1. The van der Waals surface area contributed by atoms with E-state index in [-0.39, 0.29) is 11.6 Å². The van der Waals surface area contributed by atoms with Gasteiger partial charge in [0.1, 0.15) is 5.69 Å². The summed E-state index contributed by atoms with van der Waals surface area (Å²) in [7, 11) is 0. The number of rotatable bonds is 5. The summed E-state index contributed by atoms with van der Waals surface area (Å²) >= 11 is 0. The van der Waals surface area contributed by atoms with Crippen molar-refractivity contribution >= 4 is 11.8 Å². The van der Waals surface area contributed by atoms with E-state index in [9.17, 15) is 9.59 Å². The molecule has 6 nitrogen and oxygen atoms in total. The van der Waals surface area contributed by atoms with E-state index in [1.807, 2.05) is 30.3 Å². The first-order chi connectivity index (χ1) is 12.1. The Morgan fingerprint density at radius 2 is 1.80 bits per heavy atom. The topological polar surface area (TPSA) is 98.0 Å². The molecule has 0 spiro atoms. The highest BCUT2D eigenvalue weighted by molar-refractivity contribution is 5.95. The third-order valence-corrected chi connectivity index (χ3v) is 3.60. The molecule has 124 valence electrons. The molecule has 1 heterocycles. The van der Waals surface area contributed by atoms with Gasteiger partial charge in [0.15, 0.2) is 0 Å². The van der Waals surface area contributed by atoms with Gasteiger partial charge < -0.3 is 11.1 Å². The van der Waals surface area contributed by atoms with E-state index in [4.69, 9.17) is 5.73 Å². The van der Waals surface area contributed by atoms with Crippen molar-refractivity contribution in [1.82, 2.24) is 15.3 Å². The number of nitrogens with zero attached hydrogens (tertiary/aromatic N) is 2. The molecule has 2 aromatic carbocycles. The summed E-state index contributed by atoms with van der Waals surface area (Å²) in [5.41, 5.74) is 7.99. The average Bonchev–Trinajstić information content (AvgIpc) is 2.67. The largest absolute Gasteiger partial charge is 0.364 e.